The van der Waals surface area contributed by atoms with Gasteiger partial charge in [-0.1, -0.05) is 11.6 Å². The number of ether oxygens (including phenoxy) is 1. The molecule has 0 aliphatic carbocycles. The number of piperidine rings is 1. The normalized spacial score (nSPS) is 20.6. The zero-order valence-corrected chi connectivity index (χ0v) is 19.7. The fourth-order valence-corrected chi connectivity index (χ4v) is 5.96. The second-order valence-corrected chi connectivity index (χ2v) is 10.3. The van der Waals surface area contributed by atoms with Crippen molar-refractivity contribution < 1.29 is 14.6 Å². The van der Waals surface area contributed by atoms with Crippen molar-refractivity contribution in [3.05, 3.63) is 45.9 Å². The third kappa shape index (κ3) is 3.88. The molecule has 1 N–H and O–H groups in total. The van der Waals surface area contributed by atoms with E-state index in [1.54, 1.807) is 6.20 Å². The van der Waals surface area contributed by atoms with Crippen molar-refractivity contribution in [2.75, 3.05) is 27.2 Å². The van der Waals surface area contributed by atoms with E-state index in [9.17, 15) is 9.90 Å². The fourth-order valence-electron chi connectivity index (χ4n) is 4.72. The van der Waals surface area contributed by atoms with Crippen LogP contribution in [0.3, 0.4) is 0 Å². The minimum atomic E-state index is -0.531. The van der Waals surface area contributed by atoms with E-state index in [1.165, 1.54) is 11.3 Å². The summed E-state index contributed by atoms with van der Waals surface area (Å²) < 4.78 is 7.29. The molecule has 1 saturated heterocycles. The Bertz CT molecular complexity index is 1180. The largest absolute Gasteiger partial charge is 0.479 e. The number of pyridine rings is 1. The van der Waals surface area contributed by atoms with Gasteiger partial charge in [-0.05, 0) is 51.2 Å². The van der Waals surface area contributed by atoms with Crippen LogP contribution in [0.15, 0.2) is 30.5 Å². The summed E-state index contributed by atoms with van der Waals surface area (Å²) >= 11 is 8.00. The van der Waals surface area contributed by atoms with Crippen LogP contribution >= 0.6 is 22.9 Å². The molecule has 32 heavy (non-hydrogen) atoms. The molecule has 0 saturated carbocycles. The molecule has 1 aromatic carbocycles. The molecule has 0 bridgehead atoms. The van der Waals surface area contributed by atoms with Crippen molar-refractivity contribution in [2.24, 2.45) is 0 Å². The molecule has 168 valence electrons. The number of aliphatic hydroxyl groups excluding tert-OH is 1. The Labute approximate surface area is 196 Å². The quantitative estimate of drug-likeness (QED) is 0.623. The molecule has 4 heterocycles. The summed E-state index contributed by atoms with van der Waals surface area (Å²) in [5.74, 6) is 0.772. The van der Waals surface area contributed by atoms with Crippen LogP contribution in [0.25, 0.3) is 21.3 Å². The van der Waals surface area contributed by atoms with Gasteiger partial charge in [0.05, 0.1) is 16.8 Å². The van der Waals surface area contributed by atoms with E-state index in [0.29, 0.717) is 17.5 Å². The second-order valence-electron chi connectivity index (χ2n) is 8.74. The molecule has 2 aliphatic heterocycles. The second kappa shape index (κ2) is 8.63. The van der Waals surface area contributed by atoms with E-state index in [-0.39, 0.29) is 12.5 Å². The van der Waals surface area contributed by atoms with E-state index in [2.05, 4.69) is 24.0 Å². The standard InChI is InChI=1S/C24H26ClN3O3S/c1-27(2)16-4-3-7-28(12-16)24(30)21-9-14-8-15(25)10-19(22(14)31-21)18-5-6-26-20-11-17(13-29)32-23(18)20/h5-6,8,10-11,16,21,29H,3-4,7,9,12-13H2,1-2H3/t16?,21-/m1/s1. The molecular weight excluding hydrogens is 446 g/mol. The Balaban J connectivity index is 1.47. The molecule has 1 amide bonds. The lowest BCUT2D eigenvalue weighted by Crippen LogP contribution is -2.51. The predicted octanol–water partition coefficient (Wildman–Crippen LogP) is 3.97. The first-order chi connectivity index (χ1) is 15.4. The summed E-state index contributed by atoms with van der Waals surface area (Å²) in [5.41, 5.74) is 3.61. The molecule has 0 radical (unpaired) electrons. The van der Waals surface area contributed by atoms with Gasteiger partial charge in [0.15, 0.2) is 6.10 Å². The Kier molecular flexibility index (Phi) is 5.84. The van der Waals surface area contributed by atoms with Gasteiger partial charge >= 0.3 is 0 Å². The van der Waals surface area contributed by atoms with Gasteiger partial charge in [-0.3, -0.25) is 9.78 Å². The van der Waals surface area contributed by atoms with Crippen LogP contribution in [0.4, 0.5) is 0 Å². The van der Waals surface area contributed by atoms with Crippen molar-refractivity contribution in [1.29, 1.82) is 0 Å². The van der Waals surface area contributed by atoms with E-state index >= 15 is 0 Å². The number of likely N-dealkylation sites (N-methyl/N-ethyl adjacent to an activating group) is 1. The van der Waals surface area contributed by atoms with E-state index in [0.717, 1.165) is 63.5 Å². The highest BCUT2D eigenvalue weighted by atomic mass is 35.5. The monoisotopic (exact) mass is 471 g/mol. The first kappa shape index (κ1) is 21.6. The van der Waals surface area contributed by atoms with Crippen LogP contribution < -0.4 is 4.74 Å². The van der Waals surface area contributed by atoms with Crippen molar-refractivity contribution in [3.63, 3.8) is 0 Å². The van der Waals surface area contributed by atoms with Gasteiger partial charge in [0.25, 0.3) is 5.91 Å². The highest BCUT2D eigenvalue weighted by Crippen LogP contribution is 2.44. The number of halogens is 1. The number of likely N-dealkylation sites (tertiary alicyclic amines) is 1. The molecule has 2 aromatic heterocycles. The molecular formula is C24H26ClN3O3S. The number of aromatic nitrogens is 1. The van der Waals surface area contributed by atoms with Gasteiger partial charge in [0.1, 0.15) is 5.75 Å². The summed E-state index contributed by atoms with van der Waals surface area (Å²) in [6, 6.07) is 8.02. The average molecular weight is 472 g/mol. The van der Waals surface area contributed by atoms with Crippen LogP contribution in [0.2, 0.25) is 5.02 Å². The lowest BCUT2D eigenvalue weighted by molar-refractivity contribution is -0.139. The Morgan fingerprint density at radius 3 is 2.97 bits per heavy atom. The van der Waals surface area contributed by atoms with Crippen LogP contribution in [0.5, 0.6) is 5.75 Å². The number of carbonyl (C=O) groups is 1. The number of thiophene rings is 1. The topological polar surface area (TPSA) is 65.9 Å². The predicted molar refractivity (Wildman–Crippen MR) is 127 cm³/mol. The number of nitrogens with zero attached hydrogens (tertiary/aromatic N) is 3. The molecule has 8 heteroatoms. The number of carbonyl (C=O) groups excluding carboxylic acids is 1. The van der Waals surface area contributed by atoms with Gasteiger partial charge in [-0.25, -0.2) is 0 Å². The number of rotatable bonds is 4. The Morgan fingerprint density at radius 1 is 1.34 bits per heavy atom. The average Bonchev–Trinajstić information content (AvgIpc) is 3.41. The molecule has 0 spiro atoms. The van der Waals surface area contributed by atoms with Crippen molar-refractivity contribution in [1.82, 2.24) is 14.8 Å². The summed E-state index contributed by atoms with van der Waals surface area (Å²) in [7, 11) is 4.13. The van der Waals surface area contributed by atoms with Crippen molar-refractivity contribution in [3.8, 4) is 16.9 Å². The van der Waals surface area contributed by atoms with Gasteiger partial charge in [0, 0.05) is 58.3 Å². The number of fused-ring (bicyclic) bond motifs is 2. The van der Waals surface area contributed by atoms with E-state index in [4.69, 9.17) is 16.3 Å². The number of hydrogen-bond donors (Lipinski definition) is 1. The van der Waals surface area contributed by atoms with Crippen LogP contribution in [-0.4, -0.2) is 65.1 Å². The summed E-state index contributed by atoms with van der Waals surface area (Å²) in [6.45, 7) is 1.49. The van der Waals surface area contributed by atoms with Crippen LogP contribution in [0, 0.1) is 0 Å². The van der Waals surface area contributed by atoms with E-state index in [1.807, 2.05) is 29.2 Å². The molecule has 6 nitrogen and oxygen atoms in total. The molecule has 5 rings (SSSR count). The maximum Gasteiger partial charge on any atom is 0.264 e. The first-order valence-electron chi connectivity index (χ1n) is 10.9. The molecule has 1 fully saturated rings. The van der Waals surface area contributed by atoms with Crippen molar-refractivity contribution in [2.45, 2.75) is 38.0 Å². The lowest BCUT2D eigenvalue weighted by Gasteiger charge is -2.37. The number of amides is 1. The smallest absolute Gasteiger partial charge is 0.264 e. The third-order valence-corrected chi connectivity index (χ3v) is 7.78. The number of hydrogen-bond acceptors (Lipinski definition) is 6. The molecule has 1 unspecified atom stereocenters. The van der Waals surface area contributed by atoms with Gasteiger partial charge in [0.2, 0.25) is 0 Å². The van der Waals surface area contributed by atoms with Gasteiger partial charge < -0.3 is 19.6 Å². The highest BCUT2D eigenvalue weighted by molar-refractivity contribution is 7.19. The molecule has 2 aliphatic rings. The fraction of sp³-hybridized carbons (Fsp3) is 0.417. The van der Waals surface area contributed by atoms with Gasteiger partial charge in [-0.2, -0.15) is 0 Å². The zero-order valence-electron chi connectivity index (χ0n) is 18.2. The minimum absolute atomic E-state index is 0.0228. The first-order valence-corrected chi connectivity index (χ1v) is 12.1. The maximum atomic E-state index is 13.3. The molecule has 2 atom stereocenters. The third-order valence-electron chi connectivity index (χ3n) is 6.42. The summed E-state index contributed by atoms with van der Waals surface area (Å²) in [5, 5.41) is 10.2. The number of benzene rings is 1. The lowest BCUT2D eigenvalue weighted by atomic mass is 10.00. The van der Waals surface area contributed by atoms with Crippen LogP contribution in [-0.2, 0) is 17.8 Å². The van der Waals surface area contributed by atoms with Gasteiger partial charge in [-0.15, -0.1) is 11.3 Å². The summed E-state index contributed by atoms with van der Waals surface area (Å²) in [4.78, 5) is 22.8. The van der Waals surface area contributed by atoms with E-state index < -0.39 is 6.10 Å². The van der Waals surface area contributed by atoms with Crippen molar-refractivity contribution >= 4 is 39.1 Å². The Hall–Kier alpha value is -2.19. The number of aliphatic hydroxyl groups is 1. The summed E-state index contributed by atoms with van der Waals surface area (Å²) in [6.07, 6.45) is 3.86. The minimum Gasteiger partial charge on any atom is -0.479 e. The molecule has 3 aromatic rings. The highest BCUT2D eigenvalue weighted by Gasteiger charge is 2.36. The maximum absolute atomic E-state index is 13.3. The zero-order chi connectivity index (χ0) is 22.4. The SMILES string of the molecule is CN(C)C1CCCN(C(=O)[C@H]2Cc3cc(Cl)cc(-c4ccnc5cc(CO)sc45)c3O2)C1. The van der Waals surface area contributed by atoms with Crippen LogP contribution in [0.1, 0.15) is 23.3 Å². The Morgan fingerprint density at radius 2 is 2.19 bits per heavy atom.